The Hall–Kier alpha value is -0.630. The van der Waals surface area contributed by atoms with E-state index in [0.29, 0.717) is 30.3 Å². The maximum atomic E-state index is 12.4. The molecular formula is C12H16ClNO4S2. The Morgan fingerprint density at radius 2 is 2.05 bits per heavy atom. The minimum absolute atomic E-state index is 0.0332. The van der Waals surface area contributed by atoms with Crippen molar-refractivity contribution >= 4 is 38.9 Å². The SMILES string of the molecule is CC(C(=O)O)C1CCN(S(=O)(=O)c2ccc(Cl)s2)CC1. The number of nitrogens with zero attached hydrogens (tertiary/aromatic N) is 1. The van der Waals surface area contributed by atoms with Gasteiger partial charge in [-0.15, -0.1) is 11.3 Å². The van der Waals surface area contributed by atoms with Crippen LogP contribution in [-0.4, -0.2) is 36.9 Å². The predicted octanol–water partition coefficient (Wildman–Crippen LogP) is 2.52. The van der Waals surface area contributed by atoms with E-state index < -0.39 is 21.9 Å². The minimum atomic E-state index is -3.49. The molecule has 1 aromatic heterocycles. The highest BCUT2D eigenvalue weighted by molar-refractivity contribution is 7.91. The van der Waals surface area contributed by atoms with Gasteiger partial charge in [0.2, 0.25) is 0 Å². The lowest BCUT2D eigenvalue weighted by atomic mass is 9.86. The zero-order valence-electron chi connectivity index (χ0n) is 11.0. The van der Waals surface area contributed by atoms with Gasteiger partial charge in [0.15, 0.2) is 0 Å². The van der Waals surface area contributed by atoms with Crippen LogP contribution in [0.5, 0.6) is 0 Å². The molecule has 8 heteroatoms. The van der Waals surface area contributed by atoms with E-state index in [1.54, 1.807) is 13.0 Å². The largest absolute Gasteiger partial charge is 0.481 e. The molecule has 1 N–H and O–H groups in total. The number of carboxylic acids is 1. The van der Waals surface area contributed by atoms with Crippen molar-refractivity contribution in [3.8, 4) is 0 Å². The Labute approximate surface area is 127 Å². The second-order valence-corrected chi connectivity index (χ2v) is 8.81. The summed E-state index contributed by atoms with van der Waals surface area (Å²) >= 11 is 6.82. The number of hydrogen-bond donors (Lipinski definition) is 1. The number of thiophene rings is 1. The highest BCUT2D eigenvalue weighted by Crippen LogP contribution is 2.32. The highest BCUT2D eigenvalue weighted by Gasteiger charge is 2.33. The molecule has 2 heterocycles. The van der Waals surface area contributed by atoms with Crippen LogP contribution in [0.2, 0.25) is 4.34 Å². The van der Waals surface area contributed by atoms with Gasteiger partial charge in [-0.25, -0.2) is 8.42 Å². The lowest BCUT2D eigenvalue weighted by Crippen LogP contribution is -2.40. The van der Waals surface area contributed by atoms with Gasteiger partial charge in [-0.05, 0) is 30.9 Å². The van der Waals surface area contributed by atoms with Crippen LogP contribution in [0.1, 0.15) is 19.8 Å². The molecular weight excluding hydrogens is 322 g/mol. The Balaban J connectivity index is 2.05. The molecule has 0 bridgehead atoms. The van der Waals surface area contributed by atoms with E-state index in [0.717, 1.165) is 11.3 Å². The van der Waals surface area contributed by atoms with Crippen molar-refractivity contribution in [3.63, 3.8) is 0 Å². The molecule has 112 valence electrons. The third-order valence-corrected chi connectivity index (χ3v) is 7.34. The van der Waals surface area contributed by atoms with Crippen LogP contribution in [0.15, 0.2) is 16.3 Å². The van der Waals surface area contributed by atoms with E-state index in [-0.39, 0.29) is 10.1 Å². The Morgan fingerprint density at radius 1 is 1.45 bits per heavy atom. The normalized spacial score (nSPS) is 19.9. The van der Waals surface area contributed by atoms with E-state index >= 15 is 0 Å². The topological polar surface area (TPSA) is 74.7 Å². The first-order valence-electron chi connectivity index (χ1n) is 6.30. The summed E-state index contributed by atoms with van der Waals surface area (Å²) in [5.41, 5.74) is 0. The molecule has 0 amide bonds. The molecule has 1 aromatic rings. The Bertz CT molecular complexity index is 590. The van der Waals surface area contributed by atoms with Gasteiger partial charge in [-0.2, -0.15) is 4.31 Å². The summed E-state index contributed by atoms with van der Waals surface area (Å²) < 4.78 is 26.8. The summed E-state index contributed by atoms with van der Waals surface area (Å²) in [5.74, 6) is -1.22. The van der Waals surface area contributed by atoms with E-state index in [1.807, 2.05) is 0 Å². The number of halogens is 1. The molecule has 1 aliphatic heterocycles. The first-order chi connectivity index (χ1) is 9.32. The molecule has 0 spiro atoms. The highest BCUT2D eigenvalue weighted by atomic mass is 35.5. The minimum Gasteiger partial charge on any atom is -0.481 e. The average Bonchev–Trinajstić information content (AvgIpc) is 2.85. The lowest BCUT2D eigenvalue weighted by molar-refractivity contribution is -0.143. The van der Waals surface area contributed by atoms with E-state index in [1.165, 1.54) is 10.4 Å². The van der Waals surface area contributed by atoms with Crippen LogP contribution in [0, 0.1) is 11.8 Å². The molecule has 1 atom stereocenters. The van der Waals surface area contributed by atoms with Crippen LogP contribution < -0.4 is 0 Å². The second-order valence-electron chi connectivity index (χ2n) is 4.93. The average molecular weight is 338 g/mol. The maximum absolute atomic E-state index is 12.4. The summed E-state index contributed by atoms with van der Waals surface area (Å²) in [6.07, 6.45) is 1.15. The van der Waals surface area contributed by atoms with Crippen molar-refractivity contribution in [1.29, 1.82) is 0 Å². The van der Waals surface area contributed by atoms with Crippen molar-refractivity contribution in [3.05, 3.63) is 16.5 Å². The van der Waals surface area contributed by atoms with Crippen LogP contribution in [0.3, 0.4) is 0 Å². The van der Waals surface area contributed by atoms with Gasteiger partial charge < -0.3 is 5.11 Å². The van der Waals surface area contributed by atoms with Crippen molar-refractivity contribution in [2.24, 2.45) is 11.8 Å². The number of rotatable bonds is 4. The number of hydrogen-bond acceptors (Lipinski definition) is 4. The second kappa shape index (κ2) is 6.01. The number of piperidine rings is 1. The van der Waals surface area contributed by atoms with Gasteiger partial charge in [0.25, 0.3) is 10.0 Å². The number of sulfonamides is 1. The van der Waals surface area contributed by atoms with Gasteiger partial charge in [0.05, 0.1) is 10.3 Å². The van der Waals surface area contributed by atoms with Gasteiger partial charge in [-0.3, -0.25) is 4.79 Å². The number of aliphatic carboxylic acids is 1. The third-order valence-electron chi connectivity index (χ3n) is 3.74. The van der Waals surface area contributed by atoms with E-state index in [9.17, 15) is 13.2 Å². The number of carboxylic acid groups (broad SMARTS) is 1. The van der Waals surface area contributed by atoms with Crippen molar-refractivity contribution < 1.29 is 18.3 Å². The lowest BCUT2D eigenvalue weighted by Gasteiger charge is -2.32. The first kappa shape index (κ1) is 15.8. The molecule has 0 aliphatic carbocycles. The summed E-state index contributed by atoms with van der Waals surface area (Å²) in [6, 6.07) is 3.08. The first-order valence-corrected chi connectivity index (χ1v) is 8.94. The molecule has 2 rings (SSSR count). The van der Waals surface area contributed by atoms with Gasteiger partial charge in [0.1, 0.15) is 4.21 Å². The Kier molecular flexibility index (Phi) is 4.73. The standard InChI is InChI=1S/C12H16ClNO4S2/c1-8(12(15)16)9-4-6-14(7-5-9)20(17,18)11-3-2-10(13)19-11/h2-3,8-9H,4-7H2,1H3,(H,15,16). The molecule has 1 fully saturated rings. The van der Waals surface area contributed by atoms with Crippen LogP contribution >= 0.6 is 22.9 Å². The fourth-order valence-electron chi connectivity index (χ4n) is 2.38. The molecule has 1 aliphatic rings. The summed E-state index contributed by atoms with van der Waals surface area (Å²) in [5, 5.41) is 9.00. The fraction of sp³-hybridized carbons (Fsp3) is 0.583. The zero-order valence-corrected chi connectivity index (χ0v) is 13.3. The van der Waals surface area contributed by atoms with Gasteiger partial charge in [-0.1, -0.05) is 18.5 Å². The van der Waals surface area contributed by atoms with Crippen LogP contribution in [-0.2, 0) is 14.8 Å². The molecule has 20 heavy (non-hydrogen) atoms. The fourth-order valence-corrected chi connectivity index (χ4v) is 5.49. The van der Waals surface area contributed by atoms with Gasteiger partial charge >= 0.3 is 5.97 Å². The molecule has 0 radical (unpaired) electrons. The van der Waals surface area contributed by atoms with Crippen molar-refractivity contribution in [2.45, 2.75) is 24.0 Å². The summed E-state index contributed by atoms with van der Waals surface area (Å²) in [4.78, 5) is 11.0. The van der Waals surface area contributed by atoms with E-state index in [4.69, 9.17) is 16.7 Å². The maximum Gasteiger partial charge on any atom is 0.306 e. The summed E-state index contributed by atoms with van der Waals surface area (Å²) in [7, 11) is -3.49. The quantitative estimate of drug-likeness (QED) is 0.916. The van der Waals surface area contributed by atoms with Gasteiger partial charge in [0, 0.05) is 13.1 Å². The third kappa shape index (κ3) is 3.16. The molecule has 0 aromatic carbocycles. The monoisotopic (exact) mass is 337 g/mol. The molecule has 1 saturated heterocycles. The summed E-state index contributed by atoms with van der Waals surface area (Å²) in [6.45, 7) is 2.40. The predicted molar refractivity (Wildman–Crippen MR) is 77.6 cm³/mol. The molecule has 0 saturated carbocycles. The van der Waals surface area contributed by atoms with Crippen LogP contribution in [0.4, 0.5) is 0 Å². The van der Waals surface area contributed by atoms with Crippen molar-refractivity contribution in [2.75, 3.05) is 13.1 Å². The number of carbonyl (C=O) groups is 1. The van der Waals surface area contributed by atoms with Crippen LogP contribution in [0.25, 0.3) is 0 Å². The zero-order chi connectivity index (χ0) is 14.9. The van der Waals surface area contributed by atoms with Crippen molar-refractivity contribution in [1.82, 2.24) is 4.31 Å². The molecule has 1 unspecified atom stereocenters. The smallest absolute Gasteiger partial charge is 0.306 e. The Morgan fingerprint density at radius 3 is 2.50 bits per heavy atom. The van der Waals surface area contributed by atoms with E-state index in [2.05, 4.69) is 0 Å². The molecule has 5 nitrogen and oxygen atoms in total.